The summed E-state index contributed by atoms with van der Waals surface area (Å²) in [5, 5.41) is 27.8. The summed E-state index contributed by atoms with van der Waals surface area (Å²) in [6, 6.07) is 2.52. The second kappa shape index (κ2) is 17.0. The maximum absolute atomic E-state index is 14.2. The SMILES string of the molecule is COc1ccc(C)c2c1OC1C(OC(=O)N3CC(C(=O)O)CCC3CNC(=O)[C@H](CCCNC(=N)N)NC(=O)CNC(C)=O)=CCC3[C@@H](C)N(C)CC[C@]213. The first-order valence-corrected chi connectivity index (χ1v) is 18.5. The summed E-state index contributed by atoms with van der Waals surface area (Å²) < 4.78 is 18.7. The molecule has 0 saturated carbocycles. The maximum Gasteiger partial charge on any atom is 0.415 e. The van der Waals surface area contributed by atoms with Crippen LogP contribution in [0.5, 0.6) is 11.5 Å². The third kappa shape index (κ3) is 8.35. The largest absolute Gasteiger partial charge is 0.493 e. The van der Waals surface area contributed by atoms with Gasteiger partial charge >= 0.3 is 12.1 Å². The van der Waals surface area contributed by atoms with Crippen LogP contribution in [0.3, 0.4) is 0 Å². The third-order valence-electron chi connectivity index (χ3n) is 11.5. The summed E-state index contributed by atoms with van der Waals surface area (Å²) in [4.78, 5) is 67.4. The molecule has 3 heterocycles. The Morgan fingerprint density at radius 2 is 1.93 bits per heavy atom. The van der Waals surface area contributed by atoms with Gasteiger partial charge in [0.1, 0.15) is 11.8 Å². The van der Waals surface area contributed by atoms with E-state index in [9.17, 15) is 29.1 Å². The van der Waals surface area contributed by atoms with Crippen molar-refractivity contribution >= 4 is 35.7 Å². The fourth-order valence-corrected chi connectivity index (χ4v) is 8.57. The molecule has 7 atom stereocenters. The van der Waals surface area contributed by atoms with Crippen molar-refractivity contribution in [2.24, 2.45) is 17.6 Å². The number of nitrogens with two attached hydrogens (primary N) is 1. The van der Waals surface area contributed by atoms with Gasteiger partial charge in [-0.05, 0) is 89.6 Å². The number of hydrogen-bond donors (Lipinski definition) is 7. The van der Waals surface area contributed by atoms with E-state index in [0.29, 0.717) is 30.1 Å². The van der Waals surface area contributed by atoms with Gasteiger partial charge in [-0.1, -0.05) is 6.07 Å². The van der Waals surface area contributed by atoms with Crippen LogP contribution in [-0.4, -0.2) is 122 Å². The van der Waals surface area contributed by atoms with Gasteiger partial charge in [-0.3, -0.25) is 24.6 Å². The average Bonchev–Trinajstić information content (AvgIpc) is 3.49. The molecular weight excluding hydrogens is 700 g/mol. The highest BCUT2D eigenvalue weighted by atomic mass is 16.6. The highest BCUT2D eigenvalue weighted by Crippen LogP contribution is 2.61. The number of amides is 4. The Labute approximate surface area is 315 Å². The highest BCUT2D eigenvalue weighted by Gasteiger charge is 2.62. The van der Waals surface area contributed by atoms with Crippen LogP contribution >= 0.6 is 0 Å². The number of guanidine groups is 1. The van der Waals surface area contributed by atoms with Gasteiger partial charge in [-0.15, -0.1) is 0 Å². The number of methoxy groups -OCH3 is 1. The highest BCUT2D eigenvalue weighted by molar-refractivity contribution is 5.90. The van der Waals surface area contributed by atoms with E-state index in [0.717, 1.165) is 24.1 Å². The molecule has 1 spiro atoms. The van der Waals surface area contributed by atoms with Gasteiger partial charge in [-0.2, -0.15) is 0 Å². The van der Waals surface area contributed by atoms with E-state index in [1.165, 1.54) is 11.8 Å². The van der Waals surface area contributed by atoms with E-state index in [2.05, 4.69) is 47.1 Å². The Bertz CT molecular complexity index is 1670. The van der Waals surface area contributed by atoms with Crippen LogP contribution in [0.15, 0.2) is 24.0 Å². The predicted molar refractivity (Wildman–Crippen MR) is 197 cm³/mol. The van der Waals surface area contributed by atoms with Gasteiger partial charge in [0.2, 0.25) is 17.7 Å². The average molecular weight is 755 g/mol. The molecule has 4 aliphatic rings. The quantitative estimate of drug-likeness (QED) is 0.0847. The van der Waals surface area contributed by atoms with Crippen LogP contribution in [0.2, 0.25) is 0 Å². The number of allylic oxidation sites excluding steroid dienone is 1. The zero-order valence-corrected chi connectivity index (χ0v) is 31.7. The summed E-state index contributed by atoms with van der Waals surface area (Å²) in [6.45, 7) is 6.17. The zero-order valence-electron chi connectivity index (χ0n) is 31.7. The number of carbonyl (C=O) groups excluding carboxylic acids is 4. The van der Waals surface area contributed by atoms with Crippen LogP contribution in [0.1, 0.15) is 63.5 Å². The molecule has 1 aliphatic carbocycles. The van der Waals surface area contributed by atoms with Crippen LogP contribution in [0, 0.1) is 24.2 Å². The van der Waals surface area contributed by atoms with Gasteiger partial charge in [-0.25, -0.2) is 4.79 Å². The van der Waals surface area contributed by atoms with Gasteiger partial charge in [0.25, 0.3) is 0 Å². The smallest absolute Gasteiger partial charge is 0.415 e. The Hall–Kier alpha value is -5.06. The second-order valence-corrected chi connectivity index (χ2v) is 14.8. The maximum atomic E-state index is 14.2. The molecule has 4 amide bonds. The van der Waals surface area contributed by atoms with Crippen molar-refractivity contribution in [3.63, 3.8) is 0 Å². The number of nitrogens with zero attached hydrogens (tertiary/aromatic N) is 2. The van der Waals surface area contributed by atoms with E-state index in [1.807, 2.05) is 18.2 Å². The number of carboxylic acid groups (broad SMARTS) is 1. The van der Waals surface area contributed by atoms with E-state index < -0.39 is 59.3 Å². The molecule has 0 aromatic heterocycles. The van der Waals surface area contributed by atoms with Gasteiger partial charge in [0.05, 0.1) is 25.6 Å². The van der Waals surface area contributed by atoms with Crippen LogP contribution in [0.4, 0.5) is 4.79 Å². The molecule has 17 nitrogen and oxygen atoms in total. The lowest BCUT2D eigenvalue weighted by molar-refractivity contribution is -0.144. The molecule has 17 heteroatoms. The Morgan fingerprint density at radius 1 is 1.17 bits per heavy atom. The topological polar surface area (TPSA) is 238 Å². The number of rotatable bonds is 13. The minimum absolute atomic E-state index is 0.0271. The molecular formula is C37H54N8O9. The summed E-state index contributed by atoms with van der Waals surface area (Å²) in [5.74, 6) is -1.81. The van der Waals surface area contributed by atoms with Gasteiger partial charge < -0.3 is 56.1 Å². The number of likely N-dealkylation sites (tertiary alicyclic amines) is 2. The van der Waals surface area contributed by atoms with Crippen molar-refractivity contribution in [1.82, 2.24) is 31.1 Å². The molecule has 5 rings (SSSR count). The molecule has 3 aliphatic heterocycles. The fraction of sp³-hybridized carbons (Fsp3) is 0.622. The number of carbonyl (C=O) groups is 5. The summed E-state index contributed by atoms with van der Waals surface area (Å²) in [7, 11) is 3.71. The second-order valence-electron chi connectivity index (χ2n) is 14.8. The summed E-state index contributed by atoms with van der Waals surface area (Å²) >= 11 is 0. The lowest BCUT2D eigenvalue weighted by Gasteiger charge is -2.53. The van der Waals surface area contributed by atoms with Gasteiger partial charge in [0.15, 0.2) is 23.6 Å². The lowest BCUT2D eigenvalue weighted by Crippen LogP contribution is -2.60. The Balaban J connectivity index is 1.34. The number of carboxylic acids is 1. The minimum Gasteiger partial charge on any atom is -0.493 e. The molecule has 1 aromatic carbocycles. The number of aliphatic carboxylic acids is 1. The number of aryl methyl sites for hydroxylation is 1. The van der Waals surface area contributed by atoms with E-state index in [4.69, 9.17) is 25.4 Å². The molecule has 8 N–H and O–H groups in total. The molecule has 2 saturated heterocycles. The third-order valence-corrected chi connectivity index (χ3v) is 11.5. The fourth-order valence-electron chi connectivity index (χ4n) is 8.57. The van der Waals surface area contributed by atoms with E-state index in [-0.39, 0.29) is 63.4 Å². The molecule has 0 radical (unpaired) electrons. The van der Waals surface area contributed by atoms with Crippen LogP contribution < -0.4 is 36.5 Å². The van der Waals surface area contributed by atoms with Crippen LogP contribution in [0.25, 0.3) is 0 Å². The molecule has 296 valence electrons. The van der Waals surface area contributed by atoms with Crippen molar-refractivity contribution < 1.29 is 43.3 Å². The first kappa shape index (κ1) is 40.1. The Kier molecular flexibility index (Phi) is 12.6. The minimum atomic E-state index is -1.03. The summed E-state index contributed by atoms with van der Waals surface area (Å²) in [5.41, 5.74) is 7.01. The van der Waals surface area contributed by atoms with Crippen molar-refractivity contribution in [3.8, 4) is 11.5 Å². The van der Waals surface area contributed by atoms with E-state index >= 15 is 0 Å². The Morgan fingerprint density at radius 3 is 2.61 bits per heavy atom. The standard InChI is InChI=1S/C37H54N8O9/c1-20-8-12-27(52-5)31-30(20)37-14-16-44(4)21(2)25(37)11-13-28(32(37)54-31)53-36(51)45-19-23(34(49)50)9-10-24(45)17-42-33(48)26(7-6-15-40-35(38)39)43-29(47)18-41-22(3)46/h8,12-13,21,23-26,32H,6-7,9-11,14-19H2,1-5H3,(H,41,46)(H,42,48)(H,43,47)(H,49,50)(H4,38,39,40)/t21-,23?,24?,25?,26+,32?,37+/m1/s1. The van der Waals surface area contributed by atoms with Crippen molar-refractivity contribution in [2.75, 3.05) is 46.9 Å². The molecule has 0 bridgehead atoms. The van der Waals surface area contributed by atoms with Gasteiger partial charge in [0, 0.05) is 43.6 Å². The van der Waals surface area contributed by atoms with Crippen LogP contribution in [-0.2, 0) is 29.3 Å². The predicted octanol–water partition coefficient (Wildman–Crippen LogP) is 0.932. The number of nitrogens with one attached hydrogen (secondary N) is 5. The molecule has 54 heavy (non-hydrogen) atoms. The van der Waals surface area contributed by atoms with E-state index in [1.54, 1.807) is 7.11 Å². The number of ether oxygens (including phenoxy) is 3. The number of hydrogen-bond acceptors (Lipinski definition) is 10. The number of piperidine rings is 2. The summed E-state index contributed by atoms with van der Waals surface area (Å²) in [6.07, 6.45) is 3.11. The lowest BCUT2D eigenvalue weighted by atomic mass is 9.57. The zero-order chi connectivity index (χ0) is 39.3. The number of benzene rings is 1. The monoisotopic (exact) mass is 754 g/mol. The first-order chi connectivity index (χ1) is 25.7. The van der Waals surface area contributed by atoms with Crippen molar-refractivity contribution in [2.45, 2.75) is 88.9 Å². The molecule has 1 aromatic rings. The molecule has 2 fully saturated rings. The van der Waals surface area contributed by atoms with Crippen molar-refractivity contribution in [3.05, 3.63) is 35.1 Å². The molecule has 4 unspecified atom stereocenters. The first-order valence-electron chi connectivity index (χ1n) is 18.5. The number of fused-ring (bicyclic) bond motifs is 1. The normalized spacial score (nSPS) is 26.4. The van der Waals surface area contributed by atoms with Crippen molar-refractivity contribution in [1.29, 1.82) is 5.41 Å².